The number of benzene rings is 1. The molecule has 0 saturated heterocycles. The Balaban J connectivity index is 2.25. The molecular weight excluding hydrogens is 340 g/mol. The lowest BCUT2D eigenvalue weighted by atomic mass is 9.73. The van der Waals surface area contributed by atoms with Gasteiger partial charge in [0, 0.05) is 12.4 Å². The number of nitrogens with one attached hydrogen (secondary N) is 1. The molecule has 0 saturated carbocycles. The molecule has 0 aliphatic carbocycles. The third-order valence-electron chi connectivity index (χ3n) is 4.50. The quantitative estimate of drug-likeness (QED) is 0.698. The van der Waals surface area contributed by atoms with Crippen LogP contribution in [0, 0.1) is 0 Å². The third kappa shape index (κ3) is 3.65. The van der Waals surface area contributed by atoms with Gasteiger partial charge in [-0.1, -0.05) is 47.6 Å². The summed E-state index contributed by atoms with van der Waals surface area (Å²) in [6.45, 7) is 12.7. The van der Waals surface area contributed by atoms with Gasteiger partial charge in [0.25, 0.3) is 0 Å². The highest BCUT2D eigenvalue weighted by atomic mass is 16.4. The Bertz CT molecular complexity index is 1010. The van der Waals surface area contributed by atoms with Crippen LogP contribution < -0.4 is 5.32 Å². The summed E-state index contributed by atoms with van der Waals surface area (Å²) in [5, 5.41) is 17.6. The monoisotopic (exact) mass is 366 g/mol. The van der Waals surface area contributed by atoms with E-state index >= 15 is 0 Å². The van der Waals surface area contributed by atoms with Gasteiger partial charge < -0.3 is 10.4 Å². The van der Waals surface area contributed by atoms with E-state index in [2.05, 4.69) is 56.9 Å². The molecule has 2 aromatic heterocycles. The van der Waals surface area contributed by atoms with Crippen molar-refractivity contribution in [3.05, 3.63) is 53.3 Å². The molecule has 142 valence electrons. The van der Waals surface area contributed by atoms with Crippen LogP contribution in [-0.4, -0.2) is 25.7 Å². The first-order chi connectivity index (χ1) is 12.5. The molecule has 27 heavy (non-hydrogen) atoms. The van der Waals surface area contributed by atoms with Crippen LogP contribution in [0.15, 0.2) is 36.7 Å². The highest BCUT2D eigenvalue weighted by Gasteiger charge is 2.31. The lowest BCUT2D eigenvalue weighted by Gasteiger charge is -2.33. The molecule has 6 nitrogen and oxygen atoms in total. The second kappa shape index (κ2) is 6.37. The summed E-state index contributed by atoms with van der Waals surface area (Å²) in [6.07, 6.45) is 3.43. The van der Waals surface area contributed by atoms with E-state index in [4.69, 9.17) is 0 Å². The molecule has 2 heterocycles. The maximum atomic E-state index is 11.9. The molecule has 3 rings (SSSR count). The number of hydrogen-bond donors (Lipinski definition) is 2. The van der Waals surface area contributed by atoms with Gasteiger partial charge in [0.05, 0.1) is 11.3 Å². The second-order valence-corrected chi connectivity index (χ2v) is 8.79. The summed E-state index contributed by atoms with van der Waals surface area (Å²) in [5.41, 5.74) is 3.29. The van der Waals surface area contributed by atoms with Gasteiger partial charge in [0.15, 0.2) is 11.5 Å². The number of rotatable bonds is 3. The minimum absolute atomic E-state index is 0.127. The zero-order valence-electron chi connectivity index (χ0n) is 16.7. The predicted octanol–water partition coefficient (Wildman–Crippen LogP) is 4.77. The summed E-state index contributed by atoms with van der Waals surface area (Å²) < 4.78 is 1.66. The Morgan fingerprint density at radius 3 is 2.33 bits per heavy atom. The molecule has 0 amide bonds. The van der Waals surface area contributed by atoms with Gasteiger partial charge in [0.1, 0.15) is 0 Å². The summed E-state index contributed by atoms with van der Waals surface area (Å²) in [4.78, 5) is 16.1. The van der Waals surface area contributed by atoms with E-state index in [0.29, 0.717) is 11.5 Å². The molecule has 0 atom stereocenters. The highest BCUT2D eigenvalue weighted by Crippen LogP contribution is 2.41. The molecule has 0 aliphatic heterocycles. The van der Waals surface area contributed by atoms with Crippen molar-refractivity contribution in [3.63, 3.8) is 0 Å². The lowest BCUT2D eigenvalue weighted by molar-refractivity contribution is 0.0698. The minimum atomic E-state index is -0.966. The topological polar surface area (TPSA) is 79.5 Å². The van der Waals surface area contributed by atoms with E-state index in [1.807, 2.05) is 18.2 Å². The summed E-state index contributed by atoms with van der Waals surface area (Å²) >= 11 is 0. The number of imidazole rings is 1. The number of aromatic carboxylic acids is 1. The molecule has 0 radical (unpaired) electrons. The summed E-state index contributed by atoms with van der Waals surface area (Å²) in [6, 6.07) is 7.27. The van der Waals surface area contributed by atoms with Crippen molar-refractivity contribution in [2.75, 3.05) is 5.32 Å². The first kappa shape index (κ1) is 18.9. The lowest BCUT2D eigenvalue weighted by Crippen LogP contribution is -2.25. The number of nitrogens with zero attached hydrogens (tertiary/aromatic N) is 3. The van der Waals surface area contributed by atoms with Gasteiger partial charge in [-0.05, 0) is 40.2 Å². The van der Waals surface area contributed by atoms with Crippen molar-refractivity contribution in [3.8, 4) is 0 Å². The third-order valence-corrected chi connectivity index (χ3v) is 4.50. The van der Waals surface area contributed by atoms with Crippen LogP contribution in [0.5, 0.6) is 0 Å². The molecule has 2 N–H and O–H groups in total. The number of carboxylic acids is 1. The zero-order valence-corrected chi connectivity index (χ0v) is 16.7. The average Bonchev–Trinajstić information content (AvgIpc) is 2.99. The van der Waals surface area contributed by atoms with Gasteiger partial charge in [-0.15, -0.1) is 5.10 Å². The highest BCUT2D eigenvalue weighted by molar-refractivity contribution is 5.96. The van der Waals surface area contributed by atoms with Crippen molar-refractivity contribution in [1.82, 2.24) is 14.6 Å². The molecular formula is C21H26N4O2. The van der Waals surface area contributed by atoms with E-state index in [0.717, 1.165) is 16.8 Å². The van der Waals surface area contributed by atoms with Crippen LogP contribution >= 0.6 is 0 Å². The van der Waals surface area contributed by atoms with E-state index in [-0.39, 0.29) is 16.4 Å². The zero-order chi connectivity index (χ0) is 20.0. The molecule has 0 spiro atoms. The van der Waals surface area contributed by atoms with E-state index in [1.165, 1.54) is 0 Å². The Labute approximate surface area is 159 Å². The SMILES string of the molecule is CC(C)(C)c1ccc(C(=O)O)c(Nc2ccc3nccn3n2)c1C(C)(C)C. The largest absolute Gasteiger partial charge is 0.478 e. The van der Waals surface area contributed by atoms with Gasteiger partial charge in [-0.3, -0.25) is 0 Å². The summed E-state index contributed by atoms with van der Waals surface area (Å²) in [5.74, 6) is -0.397. The van der Waals surface area contributed by atoms with Crippen LogP contribution in [0.25, 0.3) is 5.65 Å². The molecule has 1 aromatic carbocycles. The van der Waals surface area contributed by atoms with Gasteiger partial charge in [-0.25, -0.2) is 14.3 Å². The van der Waals surface area contributed by atoms with Gasteiger partial charge in [0.2, 0.25) is 0 Å². The fourth-order valence-electron chi connectivity index (χ4n) is 3.32. The normalized spacial score (nSPS) is 12.4. The maximum absolute atomic E-state index is 11.9. The first-order valence-electron chi connectivity index (χ1n) is 8.97. The Kier molecular flexibility index (Phi) is 4.46. The Morgan fingerprint density at radius 2 is 1.74 bits per heavy atom. The Hall–Kier alpha value is -2.89. The van der Waals surface area contributed by atoms with Crippen LogP contribution in [0.3, 0.4) is 0 Å². The van der Waals surface area contributed by atoms with Crippen molar-refractivity contribution in [2.45, 2.75) is 52.4 Å². The van der Waals surface area contributed by atoms with Crippen LogP contribution in [0.4, 0.5) is 11.5 Å². The number of anilines is 2. The van der Waals surface area contributed by atoms with E-state index < -0.39 is 5.97 Å². The van der Waals surface area contributed by atoms with Gasteiger partial charge >= 0.3 is 5.97 Å². The average molecular weight is 366 g/mol. The van der Waals surface area contributed by atoms with Crippen molar-refractivity contribution < 1.29 is 9.90 Å². The molecule has 0 fully saturated rings. The number of carboxylic acid groups (broad SMARTS) is 1. The number of hydrogen-bond acceptors (Lipinski definition) is 4. The molecule has 6 heteroatoms. The number of carbonyl (C=O) groups is 1. The fraction of sp³-hybridized carbons (Fsp3) is 0.381. The standard InChI is InChI=1S/C21H26N4O2/c1-20(2,3)14-8-7-13(19(26)27)18(17(14)21(4,5)6)23-15-9-10-16-22-11-12-25(16)24-15/h7-12H,1-6H3,(H,23,24)(H,26,27). The van der Waals surface area contributed by atoms with Crippen LogP contribution in [0.2, 0.25) is 0 Å². The van der Waals surface area contributed by atoms with Crippen molar-refractivity contribution >= 4 is 23.1 Å². The van der Waals surface area contributed by atoms with Crippen molar-refractivity contribution in [1.29, 1.82) is 0 Å². The molecule has 0 unspecified atom stereocenters. The van der Waals surface area contributed by atoms with Crippen LogP contribution in [-0.2, 0) is 10.8 Å². The summed E-state index contributed by atoms with van der Waals surface area (Å²) in [7, 11) is 0. The Morgan fingerprint density at radius 1 is 1.04 bits per heavy atom. The van der Waals surface area contributed by atoms with Gasteiger partial charge in [-0.2, -0.15) is 0 Å². The minimum Gasteiger partial charge on any atom is -0.478 e. The van der Waals surface area contributed by atoms with Crippen molar-refractivity contribution in [2.24, 2.45) is 0 Å². The fourth-order valence-corrected chi connectivity index (χ4v) is 3.32. The van der Waals surface area contributed by atoms with Crippen LogP contribution in [0.1, 0.15) is 63.0 Å². The number of aromatic nitrogens is 3. The molecule has 3 aromatic rings. The molecule has 0 aliphatic rings. The maximum Gasteiger partial charge on any atom is 0.337 e. The number of fused-ring (bicyclic) bond motifs is 1. The smallest absolute Gasteiger partial charge is 0.337 e. The second-order valence-electron chi connectivity index (χ2n) is 8.79. The first-order valence-corrected chi connectivity index (χ1v) is 8.97. The van der Waals surface area contributed by atoms with E-state index in [9.17, 15) is 9.90 Å². The predicted molar refractivity (Wildman–Crippen MR) is 107 cm³/mol. The molecule has 0 bridgehead atoms. The van der Waals surface area contributed by atoms with E-state index in [1.54, 1.807) is 23.0 Å².